The van der Waals surface area contributed by atoms with Gasteiger partial charge in [0, 0.05) is 16.9 Å². The van der Waals surface area contributed by atoms with Crippen LogP contribution in [0.5, 0.6) is 0 Å². The predicted octanol–water partition coefficient (Wildman–Crippen LogP) is 4.03. The molecule has 0 bridgehead atoms. The van der Waals surface area contributed by atoms with Crippen LogP contribution in [0.15, 0.2) is 63.7 Å². The van der Waals surface area contributed by atoms with E-state index in [1.807, 2.05) is 43.3 Å². The van der Waals surface area contributed by atoms with Crippen molar-refractivity contribution in [2.24, 2.45) is 0 Å². The molecular weight excluding hydrogens is 329 g/mol. The lowest BCUT2D eigenvalue weighted by Crippen LogP contribution is -2.22. The average molecular weight is 346 g/mol. The molecule has 0 aliphatic heterocycles. The van der Waals surface area contributed by atoms with Gasteiger partial charge in [-0.15, -0.1) is 0 Å². The Morgan fingerprint density at radius 1 is 1.33 bits per heavy atom. The molecule has 0 atom stereocenters. The van der Waals surface area contributed by atoms with Crippen LogP contribution in [-0.4, -0.2) is 9.55 Å². The zero-order valence-electron chi connectivity index (χ0n) is 13.2. The predicted molar refractivity (Wildman–Crippen MR) is 93.5 cm³/mol. The van der Waals surface area contributed by atoms with E-state index in [0.29, 0.717) is 17.5 Å². The monoisotopic (exact) mass is 345 g/mol. The van der Waals surface area contributed by atoms with E-state index in [-0.39, 0.29) is 0 Å². The molecule has 0 fully saturated rings. The maximum Gasteiger partial charge on any atom is 0.310 e. The summed E-state index contributed by atoms with van der Waals surface area (Å²) in [5.74, 6) is -0.560. The first-order valence-corrected chi connectivity index (χ1v) is 8.06. The molecule has 1 heterocycles. The zero-order valence-corrected chi connectivity index (χ0v) is 14.0. The lowest BCUT2D eigenvalue weighted by molar-refractivity contribution is 0.578. The molecule has 24 heavy (non-hydrogen) atoms. The Kier molecular flexibility index (Phi) is 4.81. The van der Waals surface area contributed by atoms with Crippen LogP contribution in [0.1, 0.15) is 25.3 Å². The molecule has 0 unspecified atom stereocenters. The van der Waals surface area contributed by atoms with E-state index in [1.54, 1.807) is 4.57 Å². The third kappa shape index (κ3) is 3.57. The van der Waals surface area contributed by atoms with Crippen molar-refractivity contribution >= 4 is 17.5 Å². The highest BCUT2D eigenvalue weighted by atomic mass is 35.5. The summed E-state index contributed by atoms with van der Waals surface area (Å²) in [5, 5.41) is 3.84. The Balaban J connectivity index is 1.98. The Bertz CT molecular complexity index is 872. The Morgan fingerprint density at radius 3 is 2.83 bits per heavy atom. The number of aromatic nitrogens is 2. The molecule has 2 aromatic rings. The number of hydrogen-bond donors (Lipinski definition) is 1. The molecule has 0 saturated carbocycles. The first-order chi connectivity index (χ1) is 11.5. The van der Waals surface area contributed by atoms with Crippen LogP contribution in [0.4, 0.5) is 10.3 Å². The van der Waals surface area contributed by atoms with Crippen molar-refractivity contribution in [3.63, 3.8) is 0 Å². The molecule has 1 aromatic heterocycles. The second kappa shape index (κ2) is 7.01. The summed E-state index contributed by atoms with van der Waals surface area (Å²) in [6, 6.07) is 9.60. The van der Waals surface area contributed by atoms with E-state index in [2.05, 4.69) is 10.3 Å². The van der Waals surface area contributed by atoms with E-state index in [4.69, 9.17) is 11.6 Å². The molecule has 4 nitrogen and oxygen atoms in total. The van der Waals surface area contributed by atoms with Gasteiger partial charge in [0.15, 0.2) is 0 Å². The van der Waals surface area contributed by atoms with Crippen LogP contribution < -0.4 is 10.9 Å². The molecule has 1 aliphatic rings. The normalized spacial score (nSPS) is 14.5. The summed E-state index contributed by atoms with van der Waals surface area (Å²) in [7, 11) is 0. The van der Waals surface area contributed by atoms with Crippen LogP contribution in [0.2, 0.25) is 0 Å². The Labute approximate surface area is 144 Å². The van der Waals surface area contributed by atoms with Gasteiger partial charge in [0.2, 0.25) is 11.8 Å². The molecular formula is C18H17ClFN3O. The van der Waals surface area contributed by atoms with Crippen molar-refractivity contribution in [3.05, 3.63) is 80.6 Å². The minimum atomic E-state index is -0.877. The van der Waals surface area contributed by atoms with Crippen molar-refractivity contribution in [2.45, 2.75) is 26.3 Å². The Hall–Kier alpha value is -2.40. The third-order valence-corrected chi connectivity index (χ3v) is 4.38. The van der Waals surface area contributed by atoms with Gasteiger partial charge in [-0.1, -0.05) is 48.0 Å². The van der Waals surface area contributed by atoms with E-state index >= 15 is 0 Å². The van der Waals surface area contributed by atoms with E-state index < -0.39 is 11.4 Å². The van der Waals surface area contributed by atoms with Gasteiger partial charge in [0.05, 0.1) is 6.54 Å². The highest BCUT2D eigenvalue weighted by Gasteiger charge is 2.15. The fraction of sp³-hybridized carbons (Fsp3) is 0.222. The number of nitrogens with one attached hydrogen (secondary N) is 1. The number of halogens is 2. The van der Waals surface area contributed by atoms with Crippen molar-refractivity contribution in [2.75, 3.05) is 5.32 Å². The third-order valence-electron chi connectivity index (χ3n) is 3.94. The van der Waals surface area contributed by atoms with E-state index in [1.165, 1.54) is 6.20 Å². The molecule has 1 aromatic carbocycles. The maximum atomic E-state index is 13.7. The number of rotatable bonds is 4. The summed E-state index contributed by atoms with van der Waals surface area (Å²) in [6.45, 7) is 2.31. The molecule has 0 spiro atoms. The highest BCUT2D eigenvalue weighted by Crippen LogP contribution is 2.28. The first kappa shape index (κ1) is 16.5. The maximum absolute atomic E-state index is 13.7. The molecule has 0 saturated heterocycles. The second-order valence-electron chi connectivity index (χ2n) is 5.65. The summed E-state index contributed by atoms with van der Waals surface area (Å²) in [4.78, 5) is 15.5. The molecule has 6 heteroatoms. The average Bonchev–Trinajstić information content (AvgIpc) is 2.57. The minimum absolute atomic E-state index is 0.311. The van der Waals surface area contributed by atoms with Gasteiger partial charge in [0.1, 0.15) is 0 Å². The fourth-order valence-corrected chi connectivity index (χ4v) is 2.81. The fourth-order valence-electron chi connectivity index (χ4n) is 2.59. The topological polar surface area (TPSA) is 46.9 Å². The van der Waals surface area contributed by atoms with Gasteiger partial charge < -0.3 is 9.88 Å². The lowest BCUT2D eigenvalue weighted by atomic mass is 10.0. The van der Waals surface area contributed by atoms with Crippen LogP contribution in [0.3, 0.4) is 0 Å². The number of hydrogen-bond acceptors (Lipinski definition) is 3. The number of benzene rings is 1. The zero-order chi connectivity index (χ0) is 17.1. The van der Waals surface area contributed by atoms with Crippen LogP contribution in [0.25, 0.3) is 0 Å². The van der Waals surface area contributed by atoms with Crippen molar-refractivity contribution in [1.29, 1.82) is 0 Å². The Morgan fingerprint density at radius 2 is 2.08 bits per heavy atom. The molecule has 3 rings (SSSR count). The van der Waals surface area contributed by atoms with Gasteiger partial charge in [-0.25, -0.2) is 0 Å². The summed E-state index contributed by atoms with van der Waals surface area (Å²) < 4.78 is 15.3. The second-order valence-corrected chi connectivity index (χ2v) is 6.06. The molecule has 124 valence electrons. The SMILES string of the molecule is CC1=C(Nc2nc(=O)c(F)cn2Cc2ccccc2)CCC=C1Cl. The molecule has 0 amide bonds. The van der Waals surface area contributed by atoms with Crippen molar-refractivity contribution < 1.29 is 4.39 Å². The standard InChI is InChI=1S/C18H17ClFN3O/c1-12-14(19)8-5-9-16(12)21-18-22-17(24)15(20)11-23(18)10-13-6-3-2-4-7-13/h2-4,6-8,11H,5,9-10H2,1H3,(H,21,22,24). The van der Waals surface area contributed by atoms with E-state index in [9.17, 15) is 9.18 Å². The van der Waals surface area contributed by atoms with Crippen LogP contribution in [0, 0.1) is 5.82 Å². The largest absolute Gasteiger partial charge is 0.329 e. The first-order valence-electron chi connectivity index (χ1n) is 7.68. The van der Waals surface area contributed by atoms with Gasteiger partial charge in [0.25, 0.3) is 0 Å². The quantitative estimate of drug-likeness (QED) is 0.910. The van der Waals surface area contributed by atoms with Gasteiger partial charge in [-0.3, -0.25) is 4.79 Å². The van der Waals surface area contributed by atoms with Gasteiger partial charge in [-0.2, -0.15) is 9.37 Å². The highest BCUT2D eigenvalue weighted by molar-refractivity contribution is 6.32. The summed E-state index contributed by atoms with van der Waals surface area (Å²) in [6.07, 6.45) is 4.71. The van der Waals surface area contributed by atoms with Crippen LogP contribution in [-0.2, 0) is 6.54 Å². The van der Waals surface area contributed by atoms with E-state index in [0.717, 1.165) is 29.7 Å². The van der Waals surface area contributed by atoms with Crippen LogP contribution >= 0.6 is 11.6 Å². The van der Waals surface area contributed by atoms with Gasteiger partial charge in [-0.05, 0) is 30.9 Å². The van der Waals surface area contributed by atoms with Crippen molar-refractivity contribution in [3.8, 4) is 0 Å². The number of allylic oxidation sites excluding steroid dienone is 4. The molecule has 0 radical (unpaired) electrons. The summed E-state index contributed by atoms with van der Waals surface area (Å²) >= 11 is 6.17. The smallest absolute Gasteiger partial charge is 0.310 e. The molecule has 1 aliphatic carbocycles. The van der Waals surface area contributed by atoms with Gasteiger partial charge >= 0.3 is 5.56 Å². The number of nitrogens with zero attached hydrogens (tertiary/aromatic N) is 2. The minimum Gasteiger partial charge on any atom is -0.329 e. The summed E-state index contributed by atoms with van der Waals surface area (Å²) in [5.41, 5.74) is 1.91. The number of anilines is 1. The lowest BCUT2D eigenvalue weighted by Gasteiger charge is -2.20. The van der Waals surface area contributed by atoms with Crippen molar-refractivity contribution in [1.82, 2.24) is 9.55 Å². The molecule has 1 N–H and O–H groups in total.